The van der Waals surface area contributed by atoms with E-state index >= 15 is 0 Å². The second-order valence-corrected chi connectivity index (χ2v) is 7.73. The van der Waals surface area contributed by atoms with Crippen LogP contribution in [-0.4, -0.2) is 22.9 Å². The largest absolute Gasteiger partial charge is 0.337 e. The van der Waals surface area contributed by atoms with E-state index in [0.29, 0.717) is 24.4 Å². The maximum Gasteiger partial charge on any atom is 0.223 e. The minimum absolute atomic E-state index is 0.0724. The van der Waals surface area contributed by atoms with Gasteiger partial charge in [-0.25, -0.2) is 0 Å². The lowest BCUT2D eigenvalue weighted by Crippen LogP contribution is -2.46. The van der Waals surface area contributed by atoms with Crippen molar-refractivity contribution in [3.05, 3.63) is 0 Å². The number of nitrogens with zero attached hydrogens (tertiary/aromatic N) is 1. The van der Waals surface area contributed by atoms with Gasteiger partial charge < -0.3 is 4.90 Å². The Balaban J connectivity index is 4.93. The minimum Gasteiger partial charge on any atom is -0.337 e. The average molecular weight is 298 g/mol. The molecule has 0 saturated carbocycles. The molecule has 2 atom stereocenters. The molecule has 2 heteroatoms. The molecule has 21 heavy (non-hydrogen) atoms. The van der Waals surface area contributed by atoms with Crippen LogP contribution >= 0.6 is 0 Å². The van der Waals surface area contributed by atoms with Crippen LogP contribution in [0.4, 0.5) is 0 Å². The molecule has 0 aliphatic rings. The van der Waals surface area contributed by atoms with Crippen molar-refractivity contribution in [3.63, 3.8) is 0 Å². The summed E-state index contributed by atoms with van der Waals surface area (Å²) in [5.41, 5.74) is 0.0724. The summed E-state index contributed by atoms with van der Waals surface area (Å²) < 4.78 is 0. The van der Waals surface area contributed by atoms with Crippen molar-refractivity contribution in [2.75, 3.05) is 0 Å². The topological polar surface area (TPSA) is 20.3 Å². The predicted octanol–water partition coefficient (Wildman–Crippen LogP) is 5.80. The van der Waals surface area contributed by atoms with Crippen molar-refractivity contribution in [2.24, 2.45) is 5.41 Å². The summed E-state index contributed by atoms with van der Waals surface area (Å²) >= 11 is 0. The predicted molar refractivity (Wildman–Crippen MR) is 93.5 cm³/mol. The summed E-state index contributed by atoms with van der Waals surface area (Å²) in [5.74, 6) is 0.354. The Morgan fingerprint density at radius 1 is 1.00 bits per heavy atom. The van der Waals surface area contributed by atoms with Gasteiger partial charge in [0.2, 0.25) is 5.91 Å². The molecule has 0 aromatic rings. The number of carbonyl (C=O) groups is 1. The highest BCUT2D eigenvalue weighted by Crippen LogP contribution is 2.25. The van der Waals surface area contributed by atoms with Crippen LogP contribution in [0.15, 0.2) is 0 Å². The highest BCUT2D eigenvalue weighted by Gasteiger charge is 2.29. The van der Waals surface area contributed by atoms with Crippen molar-refractivity contribution in [1.82, 2.24) is 4.90 Å². The van der Waals surface area contributed by atoms with E-state index in [-0.39, 0.29) is 5.41 Å². The van der Waals surface area contributed by atoms with E-state index in [4.69, 9.17) is 0 Å². The smallest absolute Gasteiger partial charge is 0.223 e. The van der Waals surface area contributed by atoms with E-state index in [1.54, 1.807) is 0 Å². The number of unbranched alkanes of at least 4 members (excludes halogenated alkanes) is 2. The first-order valence-electron chi connectivity index (χ1n) is 9.07. The van der Waals surface area contributed by atoms with Crippen molar-refractivity contribution in [1.29, 1.82) is 0 Å². The van der Waals surface area contributed by atoms with Gasteiger partial charge in [0.15, 0.2) is 0 Å². The van der Waals surface area contributed by atoms with E-state index in [1.165, 1.54) is 19.3 Å². The quantitative estimate of drug-likeness (QED) is 0.467. The van der Waals surface area contributed by atoms with Crippen molar-refractivity contribution in [3.8, 4) is 0 Å². The molecule has 0 bridgehead atoms. The van der Waals surface area contributed by atoms with Gasteiger partial charge in [0.25, 0.3) is 0 Å². The summed E-state index contributed by atoms with van der Waals surface area (Å²) in [5, 5.41) is 0. The zero-order valence-electron chi connectivity index (χ0n) is 15.7. The van der Waals surface area contributed by atoms with Crippen molar-refractivity contribution < 1.29 is 4.79 Å². The van der Waals surface area contributed by atoms with E-state index in [9.17, 15) is 4.79 Å². The molecule has 2 unspecified atom stereocenters. The number of amides is 1. The molecule has 2 nitrogen and oxygen atoms in total. The van der Waals surface area contributed by atoms with E-state index < -0.39 is 0 Å². The molecule has 0 N–H and O–H groups in total. The lowest BCUT2D eigenvalue weighted by Gasteiger charge is -2.38. The zero-order chi connectivity index (χ0) is 16.5. The number of hydrogen-bond donors (Lipinski definition) is 0. The highest BCUT2D eigenvalue weighted by atomic mass is 16.2. The van der Waals surface area contributed by atoms with Crippen LogP contribution in [0, 0.1) is 5.41 Å². The maximum absolute atomic E-state index is 12.8. The maximum atomic E-state index is 12.8. The Labute approximate surface area is 133 Å². The fourth-order valence-corrected chi connectivity index (χ4v) is 3.06. The molecular formula is C19H39NO. The lowest BCUT2D eigenvalue weighted by molar-refractivity contribution is -0.138. The van der Waals surface area contributed by atoms with Crippen LogP contribution in [0.1, 0.15) is 99.8 Å². The van der Waals surface area contributed by atoms with Crippen LogP contribution in [0.2, 0.25) is 0 Å². The molecule has 0 aliphatic heterocycles. The SMILES string of the molecule is CCCCCC(C)N(C(=O)CC(C)(C)C)C(CC)CCC. The number of rotatable bonds is 10. The first kappa shape index (κ1) is 20.5. The molecule has 0 aromatic heterocycles. The molecule has 126 valence electrons. The van der Waals surface area contributed by atoms with Crippen LogP contribution in [0.25, 0.3) is 0 Å². The third-order valence-corrected chi connectivity index (χ3v) is 4.16. The highest BCUT2D eigenvalue weighted by molar-refractivity contribution is 5.77. The van der Waals surface area contributed by atoms with Gasteiger partial charge in [-0.3, -0.25) is 4.79 Å². The molecule has 0 spiro atoms. The summed E-state index contributed by atoms with van der Waals surface area (Å²) in [6, 6.07) is 0.796. The molecule has 0 saturated heterocycles. The second kappa shape index (κ2) is 10.2. The third-order valence-electron chi connectivity index (χ3n) is 4.16. The standard InChI is InChI=1S/C19H39NO/c1-8-11-12-14-16(4)20(17(10-3)13-9-2)18(21)15-19(5,6)7/h16-17H,8-15H2,1-7H3. The van der Waals surface area contributed by atoms with E-state index in [1.807, 2.05) is 0 Å². The Morgan fingerprint density at radius 2 is 1.62 bits per heavy atom. The summed E-state index contributed by atoms with van der Waals surface area (Å²) in [7, 11) is 0. The van der Waals surface area contributed by atoms with Crippen molar-refractivity contribution in [2.45, 2.75) is 112 Å². The molecule has 0 fully saturated rings. The van der Waals surface area contributed by atoms with Crippen LogP contribution < -0.4 is 0 Å². The summed E-state index contributed by atoms with van der Waals surface area (Å²) in [6.45, 7) is 15.4. The Hall–Kier alpha value is -0.530. The van der Waals surface area contributed by atoms with Crippen LogP contribution in [-0.2, 0) is 4.79 Å². The number of hydrogen-bond acceptors (Lipinski definition) is 1. The molecule has 0 heterocycles. The monoisotopic (exact) mass is 297 g/mol. The molecule has 1 amide bonds. The first-order valence-corrected chi connectivity index (χ1v) is 9.07. The van der Waals surface area contributed by atoms with Gasteiger partial charge >= 0.3 is 0 Å². The molecule has 0 radical (unpaired) electrons. The Morgan fingerprint density at radius 3 is 2.05 bits per heavy atom. The second-order valence-electron chi connectivity index (χ2n) is 7.73. The van der Waals surface area contributed by atoms with Gasteiger partial charge in [0, 0.05) is 18.5 Å². The van der Waals surface area contributed by atoms with Gasteiger partial charge in [-0.15, -0.1) is 0 Å². The van der Waals surface area contributed by atoms with Gasteiger partial charge in [0.1, 0.15) is 0 Å². The average Bonchev–Trinajstić information content (AvgIpc) is 2.36. The molecule has 0 aliphatic carbocycles. The van der Waals surface area contributed by atoms with Crippen molar-refractivity contribution >= 4 is 5.91 Å². The Kier molecular flexibility index (Phi) is 9.98. The van der Waals surface area contributed by atoms with E-state index in [2.05, 4.69) is 53.4 Å². The minimum atomic E-state index is 0.0724. The zero-order valence-corrected chi connectivity index (χ0v) is 15.7. The van der Waals surface area contributed by atoms with Crippen LogP contribution in [0.5, 0.6) is 0 Å². The van der Waals surface area contributed by atoms with E-state index in [0.717, 1.165) is 25.7 Å². The summed E-state index contributed by atoms with van der Waals surface area (Å²) in [4.78, 5) is 15.1. The molecule has 0 aromatic carbocycles. The summed E-state index contributed by atoms with van der Waals surface area (Å²) in [6.07, 6.45) is 8.91. The first-order chi connectivity index (χ1) is 9.76. The van der Waals surface area contributed by atoms with Crippen LogP contribution in [0.3, 0.4) is 0 Å². The van der Waals surface area contributed by atoms with Gasteiger partial charge in [-0.1, -0.05) is 67.2 Å². The normalized spacial score (nSPS) is 14.8. The fraction of sp³-hybridized carbons (Fsp3) is 0.947. The van der Waals surface area contributed by atoms with Gasteiger partial charge in [-0.2, -0.15) is 0 Å². The third kappa shape index (κ3) is 8.48. The lowest BCUT2D eigenvalue weighted by atomic mass is 9.90. The van der Waals surface area contributed by atoms with Gasteiger partial charge in [0.05, 0.1) is 0 Å². The molecule has 0 rings (SSSR count). The number of carbonyl (C=O) groups excluding carboxylic acids is 1. The Bertz CT molecular complexity index is 280. The fourth-order valence-electron chi connectivity index (χ4n) is 3.06. The molecular weight excluding hydrogens is 258 g/mol. The van der Waals surface area contributed by atoms with Gasteiger partial charge in [-0.05, 0) is 31.6 Å².